The van der Waals surface area contributed by atoms with Gasteiger partial charge in [0.05, 0.1) is 6.42 Å². The van der Waals surface area contributed by atoms with Crippen molar-refractivity contribution in [1.29, 1.82) is 0 Å². The van der Waals surface area contributed by atoms with E-state index in [4.69, 9.17) is 9.47 Å². The van der Waals surface area contributed by atoms with E-state index in [1.54, 1.807) is 13.2 Å². The molecule has 11 heavy (non-hydrogen) atoms. The molecule has 0 spiro atoms. The quantitative estimate of drug-likeness (QED) is 0.547. The summed E-state index contributed by atoms with van der Waals surface area (Å²) in [6.07, 6.45) is 1.94. The molecule has 0 aliphatic carbocycles. The highest BCUT2D eigenvalue weighted by Crippen LogP contribution is 2.15. The van der Waals surface area contributed by atoms with Gasteiger partial charge in [0, 0.05) is 13.2 Å². The van der Waals surface area contributed by atoms with Gasteiger partial charge in [-0.15, -0.1) is 0 Å². The zero-order chi connectivity index (χ0) is 8.74. The summed E-state index contributed by atoms with van der Waals surface area (Å²) in [6.45, 7) is 6.55. The van der Waals surface area contributed by atoms with E-state index in [0.717, 1.165) is 0 Å². The smallest absolute Gasteiger partial charge is 0.203 e. The third-order valence-electron chi connectivity index (χ3n) is 1.29. The predicted molar refractivity (Wildman–Crippen MR) is 42.0 cm³/mol. The van der Waals surface area contributed by atoms with Gasteiger partial charge in [-0.05, 0) is 20.8 Å². The van der Waals surface area contributed by atoms with Crippen LogP contribution in [0.2, 0.25) is 0 Å². The highest BCUT2D eigenvalue weighted by Gasteiger charge is 2.24. The van der Waals surface area contributed by atoms with Gasteiger partial charge in [-0.1, -0.05) is 0 Å². The van der Waals surface area contributed by atoms with Crippen LogP contribution >= 0.6 is 0 Å². The van der Waals surface area contributed by atoms with E-state index in [9.17, 15) is 4.79 Å². The molecule has 0 N–H and O–H groups in total. The van der Waals surface area contributed by atoms with Crippen LogP contribution in [0.3, 0.4) is 0 Å². The maximum atomic E-state index is 10.1. The first kappa shape index (κ1) is 10.6. The summed E-state index contributed by atoms with van der Waals surface area (Å²) in [6, 6.07) is 0. The molecular weight excluding hydrogens is 144 g/mol. The first-order valence-corrected chi connectivity index (χ1v) is 3.81. The molecule has 0 aromatic heterocycles. The van der Waals surface area contributed by atoms with E-state index in [1.165, 1.54) is 0 Å². The van der Waals surface area contributed by atoms with Crippen LogP contribution in [0, 0.1) is 0 Å². The fourth-order valence-corrected chi connectivity index (χ4v) is 0.885. The summed E-state index contributed by atoms with van der Waals surface area (Å²) in [5.74, 6) is -0.773. The van der Waals surface area contributed by atoms with Gasteiger partial charge in [0.1, 0.15) is 0 Å². The van der Waals surface area contributed by atoms with Gasteiger partial charge in [-0.25, -0.2) is 0 Å². The lowest BCUT2D eigenvalue weighted by Gasteiger charge is -2.26. The molecule has 0 unspecified atom stereocenters. The molecule has 0 fully saturated rings. The fraction of sp³-hybridized carbons (Fsp3) is 0.875. The minimum Gasteiger partial charge on any atom is -0.350 e. The van der Waals surface area contributed by atoms with E-state index in [-0.39, 0.29) is 6.42 Å². The van der Waals surface area contributed by atoms with E-state index in [1.807, 2.05) is 13.8 Å². The van der Waals surface area contributed by atoms with Crippen molar-refractivity contribution < 1.29 is 14.3 Å². The van der Waals surface area contributed by atoms with Crippen LogP contribution in [0.25, 0.3) is 0 Å². The van der Waals surface area contributed by atoms with Crippen molar-refractivity contribution in [3.63, 3.8) is 0 Å². The predicted octanol–water partition coefficient (Wildman–Crippen LogP) is 1.28. The Bertz CT molecular complexity index is 106. The lowest BCUT2D eigenvalue weighted by atomic mass is 10.2. The highest BCUT2D eigenvalue weighted by molar-refractivity contribution is 5.51. The Labute approximate surface area is 67.7 Å². The summed E-state index contributed by atoms with van der Waals surface area (Å²) >= 11 is 0. The Hall–Kier alpha value is -0.410. The van der Waals surface area contributed by atoms with Crippen LogP contribution in [0.1, 0.15) is 27.2 Å². The molecule has 3 nitrogen and oxygen atoms in total. The Morgan fingerprint density at radius 2 is 1.73 bits per heavy atom. The number of hydrogen-bond donors (Lipinski definition) is 0. The molecule has 0 amide bonds. The van der Waals surface area contributed by atoms with Gasteiger partial charge in [0.15, 0.2) is 5.79 Å². The highest BCUT2D eigenvalue weighted by atomic mass is 16.7. The van der Waals surface area contributed by atoms with Gasteiger partial charge < -0.3 is 9.47 Å². The molecule has 1 radical (unpaired) electrons. The molecule has 0 bridgehead atoms. The minimum absolute atomic E-state index is 0.161. The topological polar surface area (TPSA) is 35.5 Å². The van der Waals surface area contributed by atoms with Crippen molar-refractivity contribution in [2.24, 2.45) is 0 Å². The maximum absolute atomic E-state index is 10.1. The number of rotatable bonds is 6. The molecule has 3 heteroatoms. The van der Waals surface area contributed by atoms with Crippen LogP contribution in [0.15, 0.2) is 0 Å². The first-order chi connectivity index (χ1) is 5.18. The van der Waals surface area contributed by atoms with Crippen molar-refractivity contribution in [1.82, 2.24) is 0 Å². The number of carbonyl (C=O) groups excluding carboxylic acids is 1. The summed E-state index contributed by atoms with van der Waals surface area (Å²) < 4.78 is 10.5. The summed E-state index contributed by atoms with van der Waals surface area (Å²) in [5, 5.41) is 0. The Balaban J connectivity index is 3.88. The molecule has 65 valence electrons. The monoisotopic (exact) mass is 159 g/mol. The second kappa shape index (κ2) is 5.27. The van der Waals surface area contributed by atoms with Crippen molar-refractivity contribution in [3.05, 3.63) is 0 Å². The third kappa shape index (κ3) is 4.11. The molecule has 0 rings (SSSR count). The molecule has 0 aromatic carbocycles. The summed E-state index contributed by atoms with van der Waals surface area (Å²) in [5.41, 5.74) is 0. The Morgan fingerprint density at radius 3 is 2.00 bits per heavy atom. The average Bonchev–Trinajstić information content (AvgIpc) is 1.88. The molecular formula is C8H15O3. The van der Waals surface area contributed by atoms with Gasteiger partial charge in [-0.2, -0.15) is 0 Å². The van der Waals surface area contributed by atoms with Crippen molar-refractivity contribution in [2.45, 2.75) is 33.0 Å². The Morgan fingerprint density at radius 1 is 1.27 bits per heavy atom. The van der Waals surface area contributed by atoms with E-state index in [0.29, 0.717) is 13.2 Å². The van der Waals surface area contributed by atoms with E-state index < -0.39 is 5.79 Å². The van der Waals surface area contributed by atoms with Gasteiger partial charge in [0.2, 0.25) is 6.29 Å². The van der Waals surface area contributed by atoms with Crippen LogP contribution in [-0.2, 0) is 14.3 Å². The molecule has 0 saturated heterocycles. The molecule has 0 saturated carbocycles. The third-order valence-corrected chi connectivity index (χ3v) is 1.29. The molecule has 0 atom stereocenters. The van der Waals surface area contributed by atoms with Gasteiger partial charge in [-0.3, -0.25) is 4.79 Å². The zero-order valence-corrected chi connectivity index (χ0v) is 7.35. The van der Waals surface area contributed by atoms with Crippen LogP contribution in [0.4, 0.5) is 0 Å². The second-order valence-corrected chi connectivity index (χ2v) is 2.32. The van der Waals surface area contributed by atoms with Crippen molar-refractivity contribution >= 4 is 6.29 Å². The van der Waals surface area contributed by atoms with Gasteiger partial charge >= 0.3 is 0 Å². The van der Waals surface area contributed by atoms with Crippen LogP contribution < -0.4 is 0 Å². The molecule has 0 heterocycles. The standard InChI is InChI=1S/C8H15O3/c1-4-10-8(3,6-7-9)11-5-2/h4-6H2,1-3H3. The zero-order valence-electron chi connectivity index (χ0n) is 7.35. The largest absolute Gasteiger partial charge is 0.350 e. The van der Waals surface area contributed by atoms with Crippen LogP contribution in [0.5, 0.6) is 0 Å². The fourth-order valence-electron chi connectivity index (χ4n) is 0.885. The molecule has 0 aliphatic heterocycles. The normalized spacial score (nSPS) is 11.5. The van der Waals surface area contributed by atoms with E-state index in [2.05, 4.69) is 0 Å². The maximum Gasteiger partial charge on any atom is 0.203 e. The average molecular weight is 159 g/mol. The molecule has 0 aliphatic rings. The SMILES string of the molecule is CCOC(C)(C[C]=O)OCC. The van der Waals surface area contributed by atoms with Crippen molar-refractivity contribution in [3.8, 4) is 0 Å². The molecule has 0 aromatic rings. The Kier molecular flexibility index (Phi) is 5.07. The minimum atomic E-state index is -0.773. The summed E-state index contributed by atoms with van der Waals surface area (Å²) in [7, 11) is 0. The number of ether oxygens (including phenoxy) is 2. The summed E-state index contributed by atoms with van der Waals surface area (Å²) in [4.78, 5) is 10.1. The van der Waals surface area contributed by atoms with Gasteiger partial charge in [0.25, 0.3) is 0 Å². The number of hydrogen-bond acceptors (Lipinski definition) is 3. The van der Waals surface area contributed by atoms with Crippen LogP contribution in [-0.4, -0.2) is 25.3 Å². The second-order valence-electron chi connectivity index (χ2n) is 2.32. The van der Waals surface area contributed by atoms with Crippen molar-refractivity contribution in [2.75, 3.05) is 13.2 Å². The van der Waals surface area contributed by atoms with E-state index >= 15 is 0 Å². The lowest BCUT2D eigenvalue weighted by Crippen LogP contribution is -2.32. The first-order valence-electron chi connectivity index (χ1n) is 3.81. The lowest BCUT2D eigenvalue weighted by molar-refractivity contribution is -0.215.